The van der Waals surface area contributed by atoms with Crippen LogP contribution in [-0.4, -0.2) is 28.1 Å². The average Bonchev–Trinajstić information content (AvgIpc) is 3.15. The van der Waals surface area contributed by atoms with Crippen molar-refractivity contribution in [3.63, 3.8) is 0 Å². The number of anilines is 1. The molecule has 0 spiro atoms. The third kappa shape index (κ3) is 4.92. The Balaban J connectivity index is 1.48. The molecule has 0 unspecified atom stereocenters. The highest BCUT2D eigenvalue weighted by Gasteiger charge is 2.38. The van der Waals surface area contributed by atoms with E-state index in [1.165, 1.54) is 0 Å². The molecule has 1 heterocycles. The molecule has 25 heavy (non-hydrogen) atoms. The lowest BCUT2D eigenvalue weighted by atomic mass is 10.2. The van der Waals surface area contributed by atoms with Crippen molar-refractivity contribution in [3.8, 4) is 0 Å². The van der Waals surface area contributed by atoms with E-state index in [9.17, 15) is 9.59 Å². The second-order valence-corrected chi connectivity index (χ2v) is 7.33. The van der Waals surface area contributed by atoms with Gasteiger partial charge in [-0.1, -0.05) is 35.0 Å². The summed E-state index contributed by atoms with van der Waals surface area (Å²) in [5.74, 6) is 1.17. The molecule has 7 heteroatoms. The molecule has 0 bridgehead atoms. The summed E-state index contributed by atoms with van der Waals surface area (Å²) in [5.41, 5.74) is 1.08. The topological polar surface area (TPSA) is 76.0 Å². The molecule has 0 radical (unpaired) electrons. The predicted octanol–water partition coefficient (Wildman–Crippen LogP) is 2.79. The smallest absolute Gasteiger partial charge is 0.227 e. The summed E-state index contributed by atoms with van der Waals surface area (Å²) in [6.07, 6.45) is 2.85. The van der Waals surface area contributed by atoms with Gasteiger partial charge in [0.2, 0.25) is 11.8 Å². The maximum Gasteiger partial charge on any atom is 0.227 e. The Bertz CT molecular complexity index is 774. The SMILES string of the molecule is C[C@@H]1C[C@@H]1C(=O)NCCC(=O)Nc1ccnn1Cc1cccc(Br)c1. The van der Waals surface area contributed by atoms with Crippen LogP contribution < -0.4 is 10.6 Å². The number of carbonyl (C=O) groups is 2. The van der Waals surface area contributed by atoms with E-state index in [1.807, 2.05) is 24.3 Å². The quantitative estimate of drug-likeness (QED) is 0.744. The fourth-order valence-corrected chi connectivity index (χ4v) is 3.14. The van der Waals surface area contributed by atoms with Crippen molar-refractivity contribution in [1.82, 2.24) is 15.1 Å². The first kappa shape index (κ1) is 17.7. The molecule has 1 fully saturated rings. The molecule has 3 rings (SSSR count). The van der Waals surface area contributed by atoms with Crippen molar-refractivity contribution in [2.75, 3.05) is 11.9 Å². The Kier molecular flexibility index (Phi) is 5.53. The van der Waals surface area contributed by atoms with Crippen LogP contribution in [0.3, 0.4) is 0 Å². The van der Waals surface area contributed by atoms with E-state index in [0.717, 1.165) is 16.5 Å². The zero-order valence-electron chi connectivity index (χ0n) is 14.0. The van der Waals surface area contributed by atoms with Gasteiger partial charge in [0.05, 0.1) is 12.7 Å². The minimum atomic E-state index is -0.139. The van der Waals surface area contributed by atoms with Crippen LogP contribution in [0.15, 0.2) is 41.0 Å². The van der Waals surface area contributed by atoms with Crippen molar-refractivity contribution in [2.45, 2.75) is 26.3 Å². The molecule has 132 valence electrons. The second kappa shape index (κ2) is 7.82. The summed E-state index contributed by atoms with van der Waals surface area (Å²) >= 11 is 3.45. The standard InChI is InChI=1S/C18H21BrN4O2/c1-12-9-15(12)18(25)20-7-6-17(24)22-16-5-8-21-23(16)11-13-3-2-4-14(19)10-13/h2-5,8,10,12,15H,6-7,9,11H2,1H3,(H,20,25)(H,22,24)/t12-,15+/m1/s1. The lowest BCUT2D eigenvalue weighted by molar-refractivity contribution is -0.122. The van der Waals surface area contributed by atoms with Gasteiger partial charge >= 0.3 is 0 Å². The van der Waals surface area contributed by atoms with Crippen LogP contribution in [0.5, 0.6) is 0 Å². The van der Waals surface area contributed by atoms with E-state index < -0.39 is 0 Å². The first-order valence-corrected chi connectivity index (χ1v) is 9.16. The molecule has 1 aromatic carbocycles. The Morgan fingerprint density at radius 3 is 2.88 bits per heavy atom. The summed E-state index contributed by atoms with van der Waals surface area (Å²) in [6.45, 7) is 2.98. The van der Waals surface area contributed by atoms with Crippen molar-refractivity contribution in [2.24, 2.45) is 11.8 Å². The molecule has 1 aromatic heterocycles. The molecular weight excluding hydrogens is 384 g/mol. The normalized spacial score (nSPS) is 18.6. The average molecular weight is 405 g/mol. The fourth-order valence-electron chi connectivity index (χ4n) is 2.70. The van der Waals surface area contributed by atoms with Crippen molar-refractivity contribution >= 4 is 33.6 Å². The largest absolute Gasteiger partial charge is 0.355 e. The number of aromatic nitrogens is 2. The minimum absolute atomic E-state index is 0.0556. The zero-order valence-corrected chi connectivity index (χ0v) is 15.6. The van der Waals surface area contributed by atoms with Crippen LogP contribution in [0.1, 0.15) is 25.3 Å². The number of amides is 2. The molecule has 0 aliphatic heterocycles. The molecule has 0 saturated heterocycles. The lowest BCUT2D eigenvalue weighted by Gasteiger charge is -2.10. The number of nitrogens with zero attached hydrogens (tertiary/aromatic N) is 2. The Labute approximate surface area is 155 Å². The number of rotatable bonds is 7. The summed E-state index contributed by atoms with van der Waals surface area (Å²) in [5, 5.41) is 9.93. The van der Waals surface area contributed by atoms with Gasteiger partial charge in [-0.15, -0.1) is 0 Å². The minimum Gasteiger partial charge on any atom is -0.355 e. The van der Waals surface area contributed by atoms with E-state index in [-0.39, 0.29) is 24.2 Å². The monoisotopic (exact) mass is 404 g/mol. The molecule has 1 saturated carbocycles. The molecule has 1 aliphatic rings. The zero-order chi connectivity index (χ0) is 17.8. The van der Waals surface area contributed by atoms with E-state index in [4.69, 9.17) is 0 Å². The predicted molar refractivity (Wildman–Crippen MR) is 99.0 cm³/mol. The van der Waals surface area contributed by atoms with E-state index in [2.05, 4.69) is 38.6 Å². The van der Waals surface area contributed by atoms with Gasteiger partial charge in [0.25, 0.3) is 0 Å². The summed E-state index contributed by atoms with van der Waals surface area (Å²) in [7, 11) is 0. The molecule has 2 atom stereocenters. The van der Waals surface area contributed by atoms with Gasteiger partial charge in [-0.3, -0.25) is 9.59 Å². The molecule has 2 aromatic rings. The van der Waals surface area contributed by atoms with Crippen LogP contribution in [0.25, 0.3) is 0 Å². The Morgan fingerprint density at radius 2 is 2.16 bits per heavy atom. The second-order valence-electron chi connectivity index (χ2n) is 6.41. The molecule has 6 nitrogen and oxygen atoms in total. The highest BCUT2D eigenvalue weighted by atomic mass is 79.9. The van der Waals surface area contributed by atoms with E-state index in [0.29, 0.717) is 24.8 Å². The van der Waals surface area contributed by atoms with Gasteiger partial charge in [0.15, 0.2) is 0 Å². The van der Waals surface area contributed by atoms with Gasteiger partial charge in [-0.05, 0) is 30.0 Å². The van der Waals surface area contributed by atoms with Gasteiger partial charge < -0.3 is 10.6 Å². The Morgan fingerprint density at radius 1 is 1.36 bits per heavy atom. The van der Waals surface area contributed by atoms with Gasteiger partial charge in [-0.2, -0.15) is 5.10 Å². The van der Waals surface area contributed by atoms with Gasteiger partial charge in [-0.25, -0.2) is 4.68 Å². The number of hydrogen-bond donors (Lipinski definition) is 2. The lowest BCUT2D eigenvalue weighted by Crippen LogP contribution is -2.29. The summed E-state index contributed by atoms with van der Waals surface area (Å²) in [6, 6.07) is 9.71. The van der Waals surface area contributed by atoms with Gasteiger partial charge in [0, 0.05) is 29.4 Å². The van der Waals surface area contributed by atoms with Crippen molar-refractivity contribution in [1.29, 1.82) is 0 Å². The van der Waals surface area contributed by atoms with Crippen LogP contribution in [-0.2, 0) is 16.1 Å². The summed E-state index contributed by atoms with van der Waals surface area (Å²) < 4.78 is 2.74. The maximum absolute atomic E-state index is 12.1. The highest BCUT2D eigenvalue weighted by Crippen LogP contribution is 2.37. The number of hydrogen-bond acceptors (Lipinski definition) is 3. The number of nitrogens with one attached hydrogen (secondary N) is 2. The van der Waals surface area contributed by atoms with Crippen LogP contribution >= 0.6 is 15.9 Å². The van der Waals surface area contributed by atoms with Crippen LogP contribution in [0.2, 0.25) is 0 Å². The van der Waals surface area contributed by atoms with E-state index >= 15 is 0 Å². The van der Waals surface area contributed by atoms with Crippen molar-refractivity contribution < 1.29 is 9.59 Å². The third-order valence-electron chi connectivity index (χ3n) is 4.30. The van der Waals surface area contributed by atoms with Crippen LogP contribution in [0.4, 0.5) is 5.82 Å². The molecule has 2 amide bonds. The number of benzene rings is 1. The fraction of sp³-hybridized carbons (Fsp3) is 0.389. The van der Waals surface area contributed by atoms with Crippen molar-refractivity contribution in [3.05, 3.63) is 46.6 Å². The third-order valence-corrected chi connectivity index (χ3v) is 4.80. The molecule has 2 N–H and O–H groups in total. The molecular formula is C18H21BrN4O2. The Hall–Kier alpha value is -2.15. The maximum atomic E-state index is 12.1. The van der Waals surface area contributed by atoms with E-state index in [1.54, 1.807) is 16.9 Å². The number of carbonyl (C=O) groups excluding carboxylic acids is 2. The first-order chi connectivity index (χ1) is 12.0. The summed E-state index contributed by atoms with van der Waals surface area (Å²) in [4.78, 5) is 23.8. The number of halogens is 1. The van der Waals surface area contributed by atoms with Crippen LogP contribution in [0, 0.1) is 11.8 Å². The first-order valence-electron chi connectivity index (χ1n) is 8.37. The molecule has 1 aliphatic carbocycles. The highest BCUT2D eigenvalue weighted by molar-refractivity contribution is 9.10. The van der Waals surface area contributed by atoms with Gasteiger partial charge in [0.1, 0.15) is 5.82 Å².